The first-order chi connectivity index (χ1) is 24.0. The Morgan fingerprint density at radius 2 is 1.72 bits per heavy atom. The van der Waals surface area contributed by atoms with E-state index in [9.17, 15) is 9.18 Å². The van der Waals surface area contributed by atoms with Crippen LogP contribution in [0.3, 0.4) is 0 Å². The number of imidazole rings is 1. The second kappa shape index (κ2) is 14.1. The number of methoxy groups -OCH3 is 1. The summed E-state index contributed by atoms with van der Waals surface area (Å²) in [5.74, 6) is 1.53. The third-order valence-corrected chi connectivity index (χ3v) is 12.1. The Bertz CT molecular complexity index is 1790. The van der Waals surface area contributed by atoms with Gasteiger partial charge in [-0.2, -0.15) is 0 Å². The van der Waals surface area contributed by atoms with E-state index in [-0.39, 0.29) is 41.6 Å². The number of benzene rings is 2. The minimum atomic E-state index is -0.728. The van der Waals surface area contributed by atoms with E-state index in [0.717, 1.165) is 80.8 Å². The van der Waals surface area contributed by atoms with Crippen molar-refractivity contribution in [3.05, 3.63) is 101 Å². The zero-order chi connectivity index (χ0) is 35.0. The Balaban J connectivity index is 1.06. The molecular formula is C42H53FN4O3. The van der Waals surface area contributed by atoms with Gasteiger partial charge in [-0.3, -0.25) is 9.69 Å². The number of nitrogens with zero attached hydrogens (tertiary/aromatic N) is 4. The fourth-order valence-electron chi connectivity index (χ4n) is 8.60. The van der Waals surface area contributed by atoms with Gasteiger partial charge in [0, 0.05) is 49.6 Å². The monoisotopic (exact) mass is 680 g/mol. The molecule has 7 rings (SSSR count). The lowest BCUT2D eigenvalue weighted by Crippen LogP contribution is -2.59. The van der Waals surface area contributed by atoms with Gasteiger partial charge >= 0.3 is 5.97 Å². The van der Waals surface area contributed by atoms with E-state index in [1.54, 1.807) is 13.2 Å². The van der Waals surface area contributed by atoms with Crippen LogP contribution in [0.2, 0.25) is 0 Å². The molecule has 4 heterocycles. The van der Waals surface area contributed by atoms with Gasteiger partial charge in [-0.1, -0.05) is 51.5 Å². The Kier molecular flexibility index (Phi) is 9.79. The zero-order valence-corrected chi connectivity index (χ0v) is 30.4. The van der Waals surface area contributed by atoms with Crippen molar-refractivity contribution >= 4 is 11.6 Å². The lowest BCUT2D eigenvalue weighted by molar-refractivity contribution is -0.165. The van der Waals surface area contributed by atoms with Gasteiger partial charge in [0.25, 0.3) is 0 Å². The molecule has 3 atom stereocenters. The number of pyridine rings is 1. The molecule has 4 aromatic rings. The minimum Gasteiger partial charge on any atom is -0.497 e. The van der Waals surface area contributed by atoms with E-state index in [2.05, 4.69) is 72.5 Å². The molecule has 2 aromatic carbocycles. The van der Waals surface area contributed by atoms with E-state index in [4.69, 9.17) is 14.5 Å². The molecule has 3 fully saturated rings. The average molecular weight is 681 g/mol. The molecule has 7 nitrogen and oxygen atoms in total. The molecule has 0 N–H and O–H groups in total. The van der Waals surface area contributed by atoms with Gasteiger partial charge in [0.05, 0.1) is 7.11 Å². The maximum atomic E-state index is 14.6. The number of hydrogen-bond donors (Lipinski definition) is 0. The fourth-order valence-corrected chi connectivity index (χ4v) is 8.60. The molecule has 1 aliphatic carbocycles. The van der Waals surface area contributed by atoms with Crippen molar-refractivity contribution < 1.29 is 18.7 Å². The summed E-state index contributed by atoms with van der Waals surface area (Å²) in [5, 5.41) is 0. The first kappa shape index (κ1) is 34.7. The third-order valence-electron chi connectivity index (χ3n) is 12.1. The Labute approximate surface area is 296 Å². The highest BCUT2D eigenvalue weighted by Gasteiger charge is 2.53. The van der Waals surface area contributed by atoms with Crippen molar-refractivity contribution in [3.63, 3.8) is 0 Å². The molecule has 1 saturated carbocycles. The number of carbonyl (C=O) groups excluding carboxylic acids is 1. The summed E-state index contributed by atoms with van der Waals surface area (Å²) in [6.45, 7) is 13.5. The van der Waals surface area contributed by atoms with Gasteiger partial charge in [0.15, 0.2) is 0 Å². The number of halogens is 1. The van der Waals surface area contributed by atoms with Crippen LogP contribution in [-0.4, -0.2) is 70.5 Å². The smallest absolute Gasteiger partial charge is 0.326 e. The van der Waals surface area contributed by atoms with Crippen LogP contribution in [0.1, 0.15) is 94.0 Å². The summed E-state index contributed by atoms with van der Waals surface area (Å²) in [5.41, 5.74) is 4.95. The van der Waals surface area contributed by atoms with E-state index in [1.165, 1.54) is 17.3 Å². The Morgan fingerprint density at radius 3 is 2.38 bits per heavy atom. The largest absolute Gasteiger partial charge is 0.497 e. The van der Waals surface area contributed by atoms with Crippen LogP contribution in [0, 0.1) is 17.7 Å². The number of ether oxygens (including phenoxy) is 2. The molecule has 0 radical (unpaired) electrons. The number of aromatic nitrogens is 2. The van der Waals surface area contributed by atoms with Crippen LogP contribution in [0.15, 0.2) is 73.1 Å². The van der Waals surface area contributed by atoms with Crippen LogP contribution in [-0.2, 0) is 21.6 Å². The first-order valence-corrected chi connectivity index (χ1v) is 18.5. The van der Waals surface area contributed by atoms with Gasteiger partial charge in [-0.05, 0) is 116 Å². The van der Waals surface area contributed by atoms with Crippen molar-refractivity contribution in [1.82, 2.24) is 19.2 Å². The van der Waals surface area contributed by atoms with Crippen LogP contribution in [0.4, 0.5) is 4.39 Å². The van der Waals surface area contributed by atoms with Gasteiger partial charge in [0.2, 0.25) is 0 Å². The molecule has 50 heavy (non-hydrogen) atoms. The average Bonchev–Trinajstić information content (AvgIpc) is 3.71. The predicted molar refractivity (Wildman–Crippen MR) is 195 cm³/mol. The van der Waals surface area contributed by atoms with Crippen molar-refractivity contribution in [2.45, 2.75) is 89.2 Å². The normalized spacial score (nSPS) is 22.4. The number of hydrogen-bond acceptors (Lipinski definition) is 6. The Hall–Kier alpha value is -3.75. The molecule has 0 amide bonds. The molecule has 0 unspecified atom stereocenters. The second-order valence-electron chi connectivity index (χ2n) is 16.2. The highest BCUT2D eigenvalue weighted by molar-refractivity contribution is 5.81. The van der Waals surface area contributed by atoms with Crippen molar-refractivity contribution in [3.8, 4) is 5.75 Å². The number of fused-ring (bicyclic) bond motifs is 1. The molecule has 3 aliphatic rings. The van der Waals surface area contributed by atoms with Crippen LogP contribution < -0.4 is 4.74 Å². The van der Waals surface area contributed by atoms with Crippen LogP contribution in [0.5, 0.6) is 5.75 Å². The number of likely N-dealkylation sites (tertiary alicyclic amines) is 2. The minimum absolute atomic E-state index is 0.0886. The number of esters is 1. The summed E-state index contributed by atoms with van der Waals surface area (Å²) in [4.78, 5) is 23.9. The van der Waals surface area contributed by atoms with Crippen molar-refractivity contribution in [2.24, 2.45) is 11.8 Å². The summed E-state index contributed by atoms with van der Waals surface area (Å²) in [7, 11) is 1.65. The highest BCUT2D eigenvalue weighted by atomic mass is 19.1. The maximum absolute atomic E-state index is 14.6. The molecule has 2 saturated heterocycles. The lowest BCUT2D eigenvalue weighted by atomic mass is 9.70. The predicted octanol–water partition coefficient (Wildman–Crippen LogP) is 7.98. The van der Waals surface area contributed by atoms with E-state index in [0.29, 0.717) is 12.5 Å². The van der Waals surface area contributed by atoms with Gasteiger partial charge in [0.1, 0.15) is 29.4 Å². The molecule has 266 valence electrons. The van der Waals surface area contributed by atoms with E-state index < -0.39 is 5.54 Å². The number of piperidine rings is 1. The van der Waals surface area contributed by atoms with Gasteiger partial charge in [-0.15, -0.1) is 0 Å². The highest BCUT2D eigenvalue weighted by Crippen LogP contribution is 2.46. The zero-order valence-electron chi connectivity index (χ0n) is 30.4. The van der Waals surface area contributed by atoms with Gasteiger partial charge in [-0.25, -0.2) is 9.37 Å². The second-order valence-corrected chi connectivity index (χ2v) is 16.2. The van der Waals surface area contributed by atoms with E-state index >= 15 is 0 Å². The van der Waals surface area contributed by atoms with Crippen molar-refractivity contribution in [1.29, 1.82) is 0 Å². The lowest BCUT2D eigenvalue weighted by Gasteiger charge is -2.46. The van der Waals surface area contributed by atoms with Gasteiger partial charge < -0.3 is 18.8 Å². The molecular weight excluding hydrogens is 627 g/mol. The summed E-state index contributed by atoms with van der Waals surface area (Å²) in [6, 6.07) is 19.3. The molecule has 0 bridgehead atoms. The van der Waals surface area contributed by atoms with Crippen LogP contribution >= 0.6 is 0 Å². The molecule has 8 heteroatoms. The summed E-state index contributed by atoms with van der Waals surface area (Å²) in [6.07, 6.45) is 9.60. The van der Waals surface area contributed by atoms with E-state index in [1.807, 2.05) is 30.3 Å². The topological polar surface area (TPSA) is 59.3 Å². The Morgan fingerprint density at radius 1 is 0.960 bits per heavy atom. The molecule has 2 aliphatic heterocycles. The number of carbonyl (C=O) groups is 1. The standard InChI is InChI=1S/C42H53FN4O3/c1-41(2,3)34-18-21-47-38(24-44-39(47)23-34)30-16-19-45(20-17-30)25-32-26-46(27-37(32)31-8-6-11-35(43)22-31)42(4,33-9-7-10-33)40(48)50-28-29-12-14-36(49-5)15-13-29/h6,8,11-15,18,21-24,30,32-33,37H,7,9-10,16-17,19-20,25-28H2,1-5H3/t32-,37+,42+/m0/s1. The third kappa shape index (κ3) is 6.93. The molecule has 0 spiro atoms. The number of rotatable bonds is 10. The summed E-state index contributed by atoms with van der Waals surface area (Å²) >= 11 is 0. The summed E-state index contributed by atoms with van der Waals surface area (Å²) < 4.78 is 28.3. The quantitative estimate of drug-likeness (QED) is 0.158. The van der Waals surface area contributed by atoms with Crippen LogP contribution in [0.25, 0.3) is 5.65 Å². The maximum Gasteiger partial charge on any atom is 0.326 e. The van der Waals surface area contributed by atoms with Crippen molar-refractivity contribution in [2.75, 3.05) is 39.8 Å². The SMILES string of the molecule is COc1ccc(COC(=O)[C@@](C)(C2CCC2)N2C[C@H](CN3CCC(c4cnc5cc(C(C)(C)C)ccn45)CC3)[C@@H](c3cccc(F)c3)C2)cc1. The first-order valence-electron chi connectivity index (χ1n) is 18.5. The molecule has 2 aromatic heterocycles. The fraction of sp³-hybridized carbons (Fsp3) is 0.524.